The first-order chi connectivity index (χ1) is 7.54. The normalized spacial score (nSPS) is 23.0. The van der Waals surface area contributed by atoms with Crippen LogP contribution in [0.3, 0.4) is 0 Å². The van der Waals surface area contributed by atoms with E-state index in [0.29, 0.717) is 11.3 Å². The molecule has 0 aromatic rings. The number of thioether (sulfide) groups is 1. The van der Waals surface area contributed by atoms with Gasteiger partial charge >= 0.3 is 0 Å². The second kappa shape index (κ2) is 4.11. The molecule has 0 spiro atoms. The Balaban J connectivity index is 2.25. The Labute approximate surface area is 101 Å². The van der Waals surface area contributed by atoms with Gasteiger partial charge in [-0.3, -0.25) is 24.7 Å². The summed E-state index contributed by atoms with van der Waals surface area (Å²) in [4.78, 5) is 35.7. The third-order valence-electron chi connectivity index (χ3n) is 2.37. The van der Waals surface area contributed by atoms with E-state index in [1.165, 1.54) is 16.7 Å². The molecule has 0 bridgehead atoms. The van der Waals surface area contributed by atoms with Crippen molar-refractivity contribution in [1.82, 2.24) is 10.3 Å². The average Bonchev–Trinajstić information content (AvgIpc) is 2.51. The van der Waals surface area contributed by atoms with Crippen LogP contribution in [-0.2, 0) is 14.4 Å². The fraction of sp³-hybridized carbons (Fsp3) is 0.375. The van der Waals surface area contributed by atoms with E-state index in [1.807, 2.05) is 5.43 Å². The maximum Gasteiger partial charge on any atom is 0.238 e. The van der Waals surface area contributed by atoms with E-state index in [2.05, 4.69) is 12.6 Å². The summed E-state index contributed by atoms with van der Waals surface area (Å²) in [7, 11) is 0. The van der Waals surface area contributed by atoms with Crippen molar-refractivity contribution in [3.63, 3.8) is 0 Å². The van der Waals surface area contributed by atoms with Gasteiger partial charge in [0.2, 0.25) is 16.9 Å². The fourth-order valence-electron chi connectivity index (χ4n) is 1.65. The zero-order chi connectivity index (χ0) is 11.9. The summed E-state index contributed by atoms with van der Waals surface area (Å²) in [5.74, 6) is 4.46. The number of nitrogens with two attached hydrogens (primary N) is 1. The quantitative estimate of drug-likeness (QED) is 0.206. The van der Waals surface area contributed by atoms with Crippen LogP contribution in [0.4, 0.5) is 0 Å². The summed E-state index contributed by atoms with van der Waals surface area (Å²) < 4.78 is 0. The minimum absolute atomic E-state index is 0.00306. The number of β-lactam (4-membered cyclic amide) rings is 1. The highest BCUT2D eigenvalue weighted by atomic mass is 32.2. The second-order valence-corrected chi connectivity index (χ2v) is 5.04. The summed E-state index contributed by atoms with van der Waals surface area (Å²) in [5, 5.41) is -0.554. The number of carbonyl (C=O) groups is 3. The molecular weight excluding hydrogens is 250 g/mol. The Hall–Kier alpha value is -0.990. The molecule has 0 aliphatic carbocycles. The van der Waals surface area contributed by atoms with Crippen molar-refractivity contribution < 1.29 is 14.4 Å². The van der Waals surface area contributed by atoms with E-state index in [4.69, 9.17) is 5.84 Å². The highest BCUT2D eigenvalue weighted by Gasteiger charge is 2.47. The van der Waals surface area contributed by atoms with Crippen molar-refractivity contribution >= 4 is 41.3 Å². The molecule has 2 aliphatic heterocycles. The number of rotatable bonds is 3. The lowest BCUT2D eigenvalue weighted by Crippen LogP contribution is -2.48. The van der Waals surface area contributed by atoms with Gasteiger partial charge < -0.3 is 0 Å². The van der Waals surface area contributed by atoms with E-state index in [1.54, 1.807) is 0 Å². The molecule has 6 nitrogen and oxygen atoms in total. The molecule has 0 aromatic carbocycles. The number of hydrogen-bond acceptors (Lipinski definition) is 5. The topological polar surface area (TPSA) is 92.5 Å². The number of nitrogens with one attached hydrogen (secondary N) is 1. The van der Waals surface area contributed by atoms with E-state index in [0.717, 1.165) is 0 Å². The number of hydrogen-bond donors (Lipinski definition) is 3. The maximum atomic E-state index is 11.3. The van der Waals surface area contributed by atoms with Crippen molar-refractivity contribution in [2.75, 3.05) is 0 Å². The lowest BCUT2D eigenvalue weighted by molar-refractivity contribution is -0.139. The summed E-state index contributed by atoms with van der Waals surface area (Å²) in [5.41, 5.74) is 2.21. The summed E-state index contributed by atoms with van der Waals surface area (Å²) >= 11 is 5.05. The van der Waals surface area contributed by atoms with Gasteiger partial charge in [0.15, 0.2) is 0 Å². The lowest BCUT2D eigenvalue weighted by Gasteiger charge is -2.34. The Morgan fingerprint density at radius 1 is 1.62 bits per heavy atom. The van der Waals surface area contributed by atoms with Gasteiger partial charge in [0.25, 0.3) is 0 Å². The van der Waals surface area contributed by atoms with Crippen LogP contribution in [0, 0.1) is 0 Å². The second-order valence-electron chi connectivity index (χ2n) is 3.36. The molecule has 8 heteroatoms. The molecule has 2 aliphatic rings. The lowest BCUT2D eigenvalue weighted by atomic mass is 10.1. The van der Waals surface area contributed by atoms with Crippen LogP contribution >= 0.6 is 24.4 Å². The summed E-state index contributed by atoms with van der Waals surface area (Å²) in [6.45, 7) is 0. The molecule has 86 valence electrons. The van der Waals surface area contributed by atoms with Crippen molar-refractivity contribution in [1.29, 1.82) is 0 Å². The van der Waals surface area contributed by atoms with E-state index < -0.39 is 11.0 Å². The molecule has 2 rings (SSSR count). The van der Waals surface area contributed by atoms with Gasteiger partial charge in [-0.05, 0) is 0 Å². The zero-order valence-electron chi connectivity index (χ0n) is 8.10. The van der Waals surface area contributed by atoms with Crippen LogP contribution in [0.25, 0.3) is 0 Å². The molecule has 1 fully saturated rings. The van der Waals surface area contributed by atoms with Gasteiger partial charge in [-0.25, -0.2) is 5.84 Å². The first kappa shape index (κ1) is 11.5. The van der Waals surface area contributed by atoms with Gasteiger partial charge in [-0.1, -0.05) is 12.6 Å². The van der Waals surface area contributed by atoms with E-state index >= 15 is 0 Å². The molecule has 1 saturated heterocycles. The third kappa shape index (κ3) is 1.72. The van der Waals surface area contributed by atoms with Crippen molar-refractivity contribution in [2.45, 2.75) is 18.2 Å². The first-order valence-electron chi connectivity index (χ1n) is 4.49. The predicted octanol–water partition coefficient (Wildman–Crippen LogP) is -0.660. The molecule has 0 aromatic heterocycles. The van der Waals surface area contributed by atoms with Crippen molar-refractivity contribution in [3.05, 3.63) is 10.6 Å². The average molecular weight is 259 g/mol. The molecule has 0 unspecified atom stereocenters. The van der Waals surface area contributed by atoms with Gasteiger partial charge in [-0.15, -0.1) is 11.8 Å². The Morgan fingerprint density at radius 3 is 2.81 bits per heavy atom. The number of nitrogens with zero attached hydrogens (tertiary/aromatic N) is 1. The Kier molecular flexibility index (Phi) is 2.96. The van der Waals surface area contributed by atoms with Crippen molar-refractivity contribution in [3.8, 4) is 0 Å². The van der Waals surface area contributed by atoms with Crippen molar-refractivity contribution in [2.24, 2.45) is 5.84 Å². The van der Waals surface area contributed by atoms with Gasteiger partial charge in [0.1, 0.15) is 5.70 Å². The smallest absolute Gasteiger partial charge is 0.238 e. The zero-order valence-corrected chi connectivity index (χ0v) is 9.81. The first-order valence-corrected chi connectivity index (χ1v) is 5.82. The number of carbonyl (C=O) groups excluding carboxylic acids is 3. The third-order valence-corrected chi connectivity index (χ3v) is 3.86. The minimum atomic E-state index is -0.497. The number of hydrazine groups is 1. The van der Waals surface area contributed by atoms with Gasteiger partial charge in [-0.2, -0.15) is 0 Å². The predicted molar refractivity (Wildman–Crippen MR) is 60.8 cm³/mol. The van der Waals surface area contributed by atoms with Gasteiger partial charge in [0, 0.05) is 4.91 Å². The summed E-state index contributed by atoms with van der Waals surface area (Å²) in [6.07, 6.45) is 0.395. The van der Waals surface area contributed by atoms with E-state index in [-0.39, 0.29) is 23.4 Å². The van der Waals surface area contributed by atoms with Crippen LogP contribution < -0.4 is 11.3 Å². The largest absolute Gasteiger partial charge is 0.294 e. The van der Waals surface area contributed by atoms with E-state index in [9.17, 15) is 14.4 Å². The molecule has 16 heavy (non-hydrogen) atoms. The number of thiol groups is 1. The Bertz CT molecular complexity index is 421. The molecule has 2 heterocycles. The molecule has 1 atom stereocenters. The summed E-state index contributed by atoms with van der Waals surface area (Å²) in [6, 6.07) is 0. The highest BCUT2D eigenvalue weighted by Crippen LogP contribution is 2.47. The number of amides is 2. The molecular formula is C8H9N3O3S2. The number of fused-ring (bicyclic) bond motifs is 1. The van der Waals surface area contributed by atoms with Crippen LogP contribution in [0.1, 0.15) is 12.8 Å². The fourth-order valence-corrected chi connectivity index (χ4v) is 3.37. The Morgan fingerprint density at radius 2 is 2.31 bits per heavy atom. The maximum absolute atomic E-state index is 11.3. The standard InChI is InChI=1S/C8H9N3O3S2/c9-10-4(12)1-3-7(8(14)15)11-5(13)2-6(11)16-3/h6H,1-2,9H2,(H,10,12)(H,14,15)/t6-/m1/s1. The highest BCUT2D eigenvalue weighted by molar-refractivity contribution is 8.04. The van der Waals surface area contributed by atoms with Crippen LogP contribution in [0.15, 0.2) is 10.6 Å². The van der Waals surface area contributed by atoms with Gasteiger partial charge in [0.05, 0.1) is 18.2 Å². The molecule has 2 amide bonds. The SMILES string of the molecule is NNC(=O)CC1=C(C(=O)S)N2C(=O)C[C@H]2S1. The van der Waals surface area contributed by atoms with Crippen LogP contribution in [0.2, 0.25) is 0 Å². The monoisotopic (exact) mass is 259 g/mol. The van der Waals surface area contributed by atoms with Crippen LogP contribution in [-0.4, -0.2) is 27.2 Å². The molecule has 3 N–H and O–H groups in total. The minimum Gasteiger partial charge on any atom is -0.294 e. The van der Waals surface area contributed by atoms with Crippen LogP contribution in [0.5, 0.6) is 0 Å². The molecule has 0 saturated carbocycles. The molecule has 0 radical (unpaired) electrons.